The maximum Gasteiger partial charge on any atom is 0.0917 e. The molecule has 0 spiro atoms. The van der Waals surface area contributed by atoms with Crippen molar-refractivity contribution < 1.29 is 0 Å². The van der Waals surface area contributed by atoms with E-state index in [1.165, 1.54) is 0 Å². The van der Waals surface area contributed by atoms with Gasteiger partial charge in [-0.3, -0.25) is 0 Å². The van der Waals surface area contributed by atoms with Crippen LogP contribution in [-0.4, -0.2) is 6.04 Å². The smallest absolute Gasteiger partial charge is 0.0917 e. The SMILES string of the molecule is CCC(C)C(C)N=O. The van der Waals surface area contributed by atoms with E-state index in [2.05, 4.69) is 12.1 Å². The van der Waals surface area contributed by atoms with E-state index in [-0.39, 0.29) is 6.04 Å². The Kier molecular flexibility index (Phi) is 3.40. The Labute approximate surface area is 50.3 Å². The molecule has 2 unspecified atom stereocenters. The van der Waals surface area contributed by atoms with Gasteiger partial charge in [0, 0.05) is 0 Å². The molecule has 2 nitrogen and oxygen atoms in total. The molecule has 0 aliphatic heterocycles. The lowest BCUT2D eigenvalue weighted by Crippen LogP contribution is -2.08. The van der Waals surface area contributed by atoms with Crippen molar-refractivity contribution in [1.82, 2.24) is 0 Å². The maximum absolute atomic E-state index is 9.86. The average molecular weight is 115 g/mol. The summed E-state index contributed by atoms with van der Waals surface area (Å²) in [6.07, 6.45) is 1.03. The number of nitroso groups, excluding NO2 is 1. The molecule has 0 aromatic heterocycles. The van der Waals surface area contributed by atoms with Crippen molar-refractivity contribution in [3.05, 3.63) is 4.91 Å². The van der Waals surface area contributed by atoms with Crippen LogP contribution in [0.3, 0.4) is 0 Å². The van der Waals surface area contributed by atoms with Gasteiger partial charge in [0.05, 0.1) is 6.04 Å². The lowest BCUT2D eigenvalue weighted by molar-refractivity contribution is 0.469. The normalized spacial score (nSPS) is 17.4. The third-order valence-corrected chi connectivity index (χ3v) is 1.63. The van der Waals surface area contributed by atoms with Gasteiger partial charge in [-0.05, 0) is 12.8 Å². The van der Waals surface area contributed by atoms with Gasteiger partial charge in [0.2, 0.25) is 0 Å². The monoisotopic (exact) mass is 115 g/mol. The highest BCUT2D eigenvalue weighted by Crippen LogP contribution is 2.08. The fourth-order valence-electron chi connectivity index (χ4n) is 0.445. The summed E-state index contributed by atoms with van der Waals surface area (Å²) in [5.74, 6) is 0.437. The summed E-state index contributed by atoms with van der Waals surface area (Å²) < 4.78 is 0. The Balaban J connectivity index is 3.44. The summed E-state index contributed by atoms with van der Waals surface area (Å²) in [6.45, 7) is 5.94. The van der Waals surface area contributed by atoms with Gasteiger partial charge in [0.15, 0.2) is 0 Å². The third-order valence-electron chi connectivity index (χ3n) is 1.63. The zero-order valence-corrected chi connectivity index (χ0v) is 5.72. The molecule has 0 amide bonds. The standard InChI is InChI=1S/C6H13NO/c1-4-5(2)6(3)7-8/h5-6H,4H2,1-3H3. The van der Waals surface area contributed by atoms with Crippen molar-refractivity contribution in [1.29, 1.82) is 0 Å². The second-order valence-corrected chi connectivity index (χ2v) is 2.23. The molecule has 0 aromatic rings. The van der Waals surface area contributed by atoms with Crippen molar-refractivity contribution in [3.63, 3.8) is 0 Å². The fourth-order valence-corrected chi connectivity index (χ4v) is 0.445. The quantitative estimate of drug-likeness (QED) is 0.518. The minimum Gasteiger partial charge on any atom is -0.151 e. The van der Waals surface area contributed by atoms with E-state index in [9.17, 15) is 4.91 Å². The van der Waals surface area contributed by atoms with Crippen molar-refractivity contribution in [2.75, 3.05) is 0 Å². The van der Waals surface area contributed by atoms with Crippen LogP contribution in [0.25, 0.3) is 0 Å². The van der Waals surface area contributed by atoms with E-state index >= 15 is 0 Å². The molecule has 0 saturated heterocycles. The van der Waals surface area contributed by atoms with Gasteiger partial charge in [0.25, 0.3) is 0 Å². The highest BCUT2D eigenvalue weighted by Gasteiger charge is 2.07. The highest BCUT2D eigenvalue weighted by atomic mass is 16.3. The van der Waals surface area contributed by atoms with E-state index in [0.717, 1.165) is 6.42 Å². The van der Waals surface area contributed by atoms with Crippen LogP contribution >= 0.6 is 0 Å². The summed E-state index contributed by atoms with van der Waals surface area (Å²) >= 11 is 0. The molecule has 0 aliphatic rings. The van der Waals surface area contributed by atoms with Gasteiger partial charge in [-0.2, -0.15) is 4.91 Å². The van der Waals surface area contributed by atoms with Crippen LogP contribution in [0.2, 0.25) is 0 Å². The Morgan fingerprint density at radius 1 is 1.50 bits per heavy atom. The predicted molar refractivity (Wildman–Crippen MR) is 34.7 cm³/mol. The molecular weight excluding hydrogens is 102 g/mol. The molecule has 2 heteroatoms. The minimum absolute atomic E-state index is 0.0139. The Morgan fingerprint density at radius 2 is 2.00 bits per heavy atom. The first-order chi connectivity index (χ1) is 3.72. The van der Waals surface area contributed by atoms with Gasteiger partial charge in [-0.15, -0.1) is 0 Å². The number of hydrogen-bond donors (Lipinski definition) is 0. The van der Waals surface area contributed by atoms with E-state index in [1.807, 2.05) is 13.8 Å². The van der Waals surface area contributed by atoms with Crippen LogP contribution in [0.15, 0.2) is 5.18 Å². The molecule has 0 aliphatic carbocycles. The highest BCUT2D eigenvalue weighted by molar-refractivity contribution is 4.64. The average Bonchev–Trinajstić information content (AvgIpc) is 1.84. The molecule has 0 heterocycles. The largest absolute Gasteiger partial charge is 0.151 e. The molecule has 0 fully saturated rings. The molecule has 0 aromatic carbocycles. The Morgan fingerprint density at radius 3 is 2.12 bits per heavy atom. The van der Waals surface area contributed by atoms with Crippen LogP contribution in [-0.2, 0) is 0 Å². The zero-order chi connectivity index (χ0) is 6.57. The number of rotatable bonds is 3. The Hall–Kier alpha value is -0.400. The van der Waals surface area contributed by atoms with Crippen LogP contribution < -0.4 is 0 Å². The van der Waals surface area contributed by atoms with E-state index in [1.54, 1.807) is 0 Å². The van der Waals surface area contributed by atoms with Crippen LogP contribution in [0.4, 0.5) is 0 Å². The molecule has 0 saturated carbocycles. The molecule has 0 N–H and O–H groups in total. The van der Waals surface area contributed by atoms with Gasteiger partial charge in [-0.25, -0.2) is 0 Å². The second-order valence-electron chi connectivity index (χ2n) is 2.23. The number of hydrogen-bond acceptors (Lipinski definition) is 2. The first kappa shape index (κ1) is 7.60. The van der Waals surface area contributed by atoms with Gasteiger partial charge < -0.3 is 0 Å². The summed E-state index contributed by atoms with van der Waals surface area (Å²) in [5, 5.41) is 2.91. The van der Waals surface area contributed by atoms with Crippen LogP contribution in [0, 0.1) is 10.8 Å². The Bertz CT molecular complexity index is 72.9. The summed E-state index contributed by atoms with van der Waals surface area (Å²) in [4.78, 5) is 9.86. The third kappa shape index (κ3) is 2.05. The van der Waals surface area contributed by atoms with Crippen molar-refractivity contribution in [2.45, 2.75) is 33.2 Å². The molecule has 2 atom stereocenters. The first-order valence-corrected chi connectivity index (χ1v) is 3.04. The molecule has 0 radical (unpaired) electrons. The molecular formula is C6H13NO. The van der Waals surface area contributed by atoms with Crippen molar-refractivity contribution in [3.8, 4) is 0 Å². The topological polar surface area (TPSA) is 29.4 Å². The summed E-state index contributed by atoms with van der Waals surface area (Å²) in [5.41, 5.74) is 0. The minimum atomic E-state index is -0.0139. The first-order valence-electron chi connectivity index (χ1n) is 3.04. The molecule has 0 bridgehead atoms. The van der Waals surface area contributed by atoms with Gasteiger partial charge >= 0.3 is 0 Å². The van der Waals surface area contributed by atoms with Crippen molar-refractivity contribution >= 4 is 0 Å². The van der Waals surface area contributed by atoms with E-state index in [4.69, 9.17) is 0 Å². The lowest BCUT2D eigenvalue weighted by atomic mass is 10.0. The predicted octanol–water partition coefficient (Wildman–Crippen LogP) is 2.19. The van der Waals surface area contributed by atoms with Crippen LogP contribution in [0.5, 0.6) is 0 Å². The molecule has 48 valence electrons. The summed E-state index contributed by atoms with van der Waals surface area (Å²) in [7, 11) is 0. The second kappa shape index (κ2) is 3.58. The fraction of sp³-hybridized carbons (Fsp3) is 1.00. The zero-order valence-electron chi connectivity index (χ0n) is 5.72. The van der Waals surface area contributed by atoms with Gasteiger partial charge in [0.1, 0.15) is 0 Å². The van der Waals surface area contributed by atoms with Crippen LogP contribution in [0.1, 0.15) is 27.2 Å². The van der Waals surface area contributed by atoms with E-state index < -0.39 is 0 Å². The maximum atomic E-state index is 9.86. The number of nitrogens with zero attached hydrogens (tertiary/aromatic N) is 1. The van der Waals surface area contributed by atoms with Crippen molar-refractivity contribution in [2.24, 2.45) is 11.1 Å². The molecule has 0 rings (SSSR count). The molecule has 8 heavy (non-hydrogen) atoms. The summed E-state index contributed by atoms with van der Waals surface area (Å²) in [6, 6.07) is -0.0139. The van der Waals surface area contributed by atoms with E-state index in [0.29, 0.717) is 5.92 Å². The van der Waals surface area contributed by atoms with Gasteiger partial charge in [-0.1, -0.05) is 25.4 Å². The lowest BCUT2D eigenvalue weighted by Gasteiger charge is -2.07.